The molecule has 0 fully saturated rings. The molecule has 0 bridgehead atoms. The Bertz CT molecular complexity index is 192. The van der Waals surface area contributed by atoms with Crippen LogP contribution in [-0.2, 0) is 8.85 Å². The van der Waals surface area contributed by atoms with E-state index in [9.17, 15) is 0 Å². The van der Waals surface area contributed by atoms with Gasteiger partial charge in [-0.3, -0.25) is 0 Å². The van der Waals surface area contributed by atoms with E-state index in [1.807, 2.05) is 34.2 Å². The van der Waals surface area contributed by atoms with Gasteiger partial charge < -0.3 is 14.6 Å². The molecule has 0 saturated heterocycles. The molecule has 0 radical (unpaired) electrons. The van der Waals surface area contributed by atoms with Crippen LogP contribution in [0.1, 0.15) is 34.1 Å². The Morgan fingerprint density at radius 2 is 1.93 bits per heavy atom. The first-order chi connectivity index (χ1) is 6.81. The summed E-state index contributed by atoms with van der Waals surface area (Å²) in [6.07, 6.45) is 0.852. The van der Waals surface area contributed by atoms with Gasteiger partial charge >= 0.3 is 8.56 Å². The summed E-state index contributed by atoms with van der Waals surface area (Å²) >= 11 is 6.29. The highest BCUT2D eigenvalue weighted by Crippen LogP contribution is 2.25. The van der Waals surface area contributed by atoms with Gasteiger partial charge in [0.2, 0.25) is 0 Å². The summed E-state index contributed by atoms with van der Waals surface area (Å²) in [6, 6.07) is 0. The maximum Gasteiger partial charge on any atom is 0.353 e. The zero-order chi connectivity index (χ0) is 12.1. The number of hydrogen-bond acceptors (Lipinski definition) is 3. The predicted molar refractivity (Wildman–Crippen MR) is 67.4 cm³/mol. The van der Waals surface area contributed by atoms with E-state index in [0.717, 1.165) is 6.42 Å². The molecule has 0 spiro atoms. The van der Waals surface area contributed by atoms with Crippen molar-refractivity contribution in [1.29, 1.82) is 0 Å². The number of rotatable bonds is 7. The molecule has 0 aromatic heterocycles. The standard InChI is InChI=1S/C10H24ClNO2Si/c1-6-9(11)15(5,13-7-2)14-10(3,4)8-12/h9H,6-8,12H2,1-5H3. The van der Waals surface area contributed by atoms with Crippen LogP contribution in [0.15, 0.2) is 0 Å². The Labute approximate surface area is 99.5 Å². The zero-order valence-corrected chi connectivity index (χ0v) is 12.2. The van der Waals surface area contributed by atoms with Crippen LogP contribution in [0.3, 0.4) is 0 Å². The van der Waals surface area contributed by atoms with Crippen molar-refractivity contribution in [3.8, 4) is 0 Å². The molecule has 0 aliphatic heterocycles. The molecule has 0 rings (SSSR count). The lowest BCUT2D eigenvalue weighted by molar-refractivity contribution is 0.0583. The van der Waals surface area contributed by atoms with Gasteiger partial charge in [0.25, 0.3) is 0 Å². The molecule has 0 saturated carbocycles. The molecule has 3 nitrogen and oxygen atoms in total. The smallest absolute Gasteiger partial charge is 0.353 e. The van der Waals surface area contributed by atoms with Gasteiger partial charge in [-0.1, -0.05) is 6.92 Å². The lowest BCUT2D eigenvalue weighted by atomic mass is 10.1. The van der Waals surface area contributed by atoms with Crippen LogP contribution in [0.4, 0.5) is 0 Å². The average Bonchev–Trinajstić information content (AvgIpc) is 2.16. The predicted octanol–water partition coefficient (Wildman–Crippen LogP) is 2.41. The molecule has 0 aliphatic rings. The van der Waals surface area contributed by atoms with Crippen molar-refractivity contribution in [3.63, 3.8) is 0 Å². The van der Waals surface area contributed by atoms with Gasteiger partial charge in [0.05, 0.1) is 10.6 Å². The molecule has 0 aliphatic carbocycles. The van der Waals surface area contributed by atoms with Crippen LogP contribution >= 0.6 is 11.6 Å². The van der Waals surface area contributed by atoms with Crippen LogP contribution in [0.2, 0.25) is 6.55 Å². The highest BCUT2D eigenvalue weighted by Gasteiger charge is 2.43. The first-order valence-electron chi connectivity index (χ1n) is 5.49. The van der Waals surface area contributed by atoms with Crippen molar-refractivity contribution in [3.05, 3.63) is 0 Å². The number of hydrogen-bond donors (Lipinski definition) is 1. The lowest BCUT2D eigenvalue weighted by Gasteiger charge is -2.37. The van der Waals surface area contributed by atoms with Gasteiger partial charge in [-0.25, -0.2) is 0 Å². The summed E-state index contributed by atoms with van der Waals surface area (Å²) in [5.74, 6) is 0. The van der Waals surface area contributed by atoms with Gasteiger partial charge in [-0.2, -0.15) is 0 Å². The molecule has 92 valence electrons. The summed E-state index contributed by atoms with van der Waals surface area (Å²) < 4.78 is 11.8. The Hall–Kier alpha value is 0.387. The van der Waals surface area contributed by atoms with E-state index in [1.54, 1.807) is 0 Å². The Balaban J connectivity index is 4.64. The van der Waals surface area contributed by atoms with Crippen LogP contribution in [-0.4, -0.2) is 32.3 Å². The summed E-state index contributed by atoms with van der Waals surface area (Å²) in [5, 5.41) is -0.0386. The highest BCUT2D eigenvalue weighted by molar-refractivity contribution is 6.75. The van der Waals surface area contributed by atoms with Crippen molar-refractivity contribution in [1.82, 2.24) is 0 Å². The van der Waals surface area contributed by atoms with Crippen molar-refractivity contribution < 1.29 is 8.85 Å². The Morgan fingerprint density at radius 1 is 1.40 bits per heavy atom. The van der Waals surface area contributed by atoms with Crippen LogP contribution < -0.4 is 5.73 Å². The summed E-state index contributed by atoms with van der Waals surface area (Å²) in [4.78, 5) is 0. The maximum absolute atomic E-state index is 6.29. The molecular weight excluding hydrogens is 230 g/mol. The van der Waals surface area contributed by atoms with Crippen molar-refractivity contribution in [2.45, 2.75) is 51.3 Å². The lowest BCUT2D eigenvalue weighted by Crippen LogP contribution is -2.55. The average molecular weight is 254 g/mol. The molecule has 0 aromatic rings. The van der Waals surface area contributed by atoms with Crippen molar-refractivity contribution in [2.24, 2.45) is 5.73 Å². The van der Waals surface area contributed by atoms with Gasteiger partial charge in [0.15, 0.2) is 0 Å². The second-order valence-corrected chi connectivity index (χ2v) is 8.51. The number of nitrogens with two attached hydrogens (primary N) is 1. The monoisotopic (exact) mass is 253 g/mol. The Morgan fingerprint density at radius 3 is 2.27 bits per heavy atom. The molecule has 0 amide bonds. The fourth-order valence-corrected chi connectivity index (χ4v) is 4.62. The van der Waals surface area contributed by atoms with Gasteiger partial charge in [0, 0.05) is 13.2 Å². The molecular formula is C10H24ClNO2Si. The molecule has 2 atom stereocenters. The van der Waals surface area contributed by atoms with Gasteiger partial charge in [0.1, 0.15) is 0 Å². The third-order valence-electron chi connectivity index (χ3n) is 2.33. The summed E-state index contributed by atoms with van der Waals surface area (Å²) in [5.41, 5.74) is 5.29. The molecule has 5 heteroatoms. The van der Waals surface area contributed by atoms with E-state index in [2.05, 4.69) is 0 Å². The first kappa shape index (κ1) is 15.4. The third kappa shape index (κ3) is 4.83. The Kier molecular flexibility index (Phi) is 6.36. The molecule has 15 heavy (non-hydrogen) atoms. The first-order valence-corrected chi connectivity index (χ1v) is 8.32. The second kappa shape index (κ2) is 6.20. The zero-order valence-electron chi connectivity index (χ0n) is 10.5. The van der Waals surface area contributed by atoms with Crippen molar-refractivity contribution >= 4 is 20.2 Å². The molecule has 0 aromatic carbocycles. The topological polar surface area (TPSA) is 44.5 Å². The minimum absolute atomic E-state index is 0.0386. The summed E-state index contributed by atoms with van der Waals surface area (Å²) in [7, 11) is -2.32. The van der Waals surface area contributed by atoms with Crippen LogP contribution in [0.25, 0.3) is 0 Å². The minimum atomic E-state index is -2.32. The normalized spacial score (nSPS) is 18.6. The second-order valence-electron chi connectivity index (χ2n) is 4.39. The molecule has 0 heterocycles. The van der Waals surface area contributed by atoms with E-state index in [0.29, 0.717) is 13.2 Å². The van der Waals surface area contributed by atoms with E-state index >= 15 is 0 Å². The molecule has 2 unspecified atom stereocenters. The van der Waals surface area contributed by atoms with E-state index < -0.39 is 8.56 Å². The number of halogens is 1. The van der Waals surface area contributed by atoms with E-state index in [-0.39, 0.29) is 10.6 Å². The maximum atomic E-state index is 6.29. The number of alkyl halides is 1. The SMILES string of the molecule is CCO[Si](C)(OC(C)(C)CN)C(Cl)CC. The summed E-state index contributed by atoms with van der Waals surface area (Å²) in [6.45, 7) is 11.1. The fraction of sp³-hybridized carbons (Fsp3) is 1.00. The van der Waals surface area contributed by atoms with E-state index in [1.165, 1.54) is 0 Å². The van der Waals surface area contributed by atoms with Gasteiger partial charge in [-0.15, -0.1) is 11.6 Å². The van der Waals surface area contributed by atoms with Crippen LogP contribution in [0.5, 0.6) is 0 Å². The third-order valence-corrected chi connectivity index (χ3v) is 7.19. The quantitative estimate of drug-likeness (QED) is 0.560. The largest absolute Gasteiger partial charge is 0.394 e. The van der Waals surface area contributed by atoms with Crippen LogP contribution in [0, 0.1) is 0 Å². The van der Waals surface area contributed by atoms with Gasteiger partial charge in [-0.05, 0) is 33.7 Å². The minimum Gasteiger partial charge on any atom is -0.394 e. The van der Waals surface area contributed by atoms with Crippen molar-refractivity contribution in [2.75, 3.05) is 13.2 Å². The molecule has 2 N–H and O–H groups in total. The highest BCUT2D eigenvalue weighted by atomic mass is 35.5. The fourth-order valence-electron chi connectivity index (χ4n) is 1.43. The van der Waals surface area contributed by atoms with E-state index in [4.69, 9.17) is 26.2 Å².